The van der Waals surface area contributed by atoms with Crippen LogP contribution in [0.2, 0.25) is 0 Å². The number of nitrogens with one attached hydrogen (secondary N) is 1. The van der Waals surface area contributed by atoms with Crippen molar-refractivity contribution in [3.63, 3.8) is 0 Å². The molecule has 0 saturated carbocycles. The van der Waals surface area contributed by atoms with Gasteiger partial charge in [0.1, 0.15) is 5.75 Å². The van der Waals surface area contributed by atoms with Crippen molar-refractivity contribution in [1.29, 1.82) is 0 Å². The molecule has 0 atom stereocenters. The molecule has 6 heteroatoms. The molecule has 5 nitrogen and oxygen atoms in total. The van der Waals surface area contributed by atoms with Gasteiger partial charge in [0.05, 0.1) is 12.1 Å². The normalized spacial score (nSPS) is 15.3. The van der Waals surface area contributed by atoms with Gasteiger partial charge in [0.2, 0.25) is 0 Å². The molecule has 26 heavy (non-hydrogen) atoms. The van der Waals surface area contributed by atoms with E-state index in [0.717, 1.165) is 50.9 Å². The van der Waals surface area contributed by atoms with Crippen LogP contribution < -0.4 is 15.0 Å². The minimum atomic E-state index is 0.865. The molecular formula is C20H28N4OS. The Kier molecular flexibility index (Phi) is 6.39. The van der Waals surface area contributed by atoms with Crippen LogP contribution in [0.1, 0.15) is 11.1 Å². The van der Waals surface area contributed by atoms with Crippen LogP contribution in [0.5, 0.6) is 5.75 Å². The second-order valence-corrected chi connectivity index (χ2v) is 7.38. The number of guanidine groups is 1. The number of nitrogens with zero attached hydrogens (tertiary/aromatic N) is 3. The van der Waals surface area contributed by atoms with E-state index in [2.05, 4.69) is 62.7 Å². The van der Waals surface area contributed by atoms with E-state index in [1.54, 1.807) is 7.11 Å². The van der Waals surface area contributed by atoms with Crippen molar-refractivity contribution >= 4 is 22.3 Å². The number of hydrogen-bond acceptors (Lipinski definition) is 4. The summed E-state index contributed by atoms with van der Waals surface area (Å²) in [4.78, 5) is 9.27. The molecule has 0 aliphatic carbocycles. The Hall–Kier alpha value is -2.21. The third-order valence-corrected chi connectivity index (χ3v) is 5.71. The SMILES string of the molecule is CN=C(NCCc1ccc(C)c(OC)c1)N1CCN(c2cccs2)CC1. The van der Waals surface area contributed by atoms with Gasteiger partial charge < -0.3 is 19.9 Å². The molecule has 2 heterocycles. The van der Waals surface area contributed by atoms with Gasteiger partial charge in [-0.2, -0.15) is 0 Å². The molecule has 1 aliphatic heterocycles. The van der Waals surface area contributed by atoms with Gasteiger partial charge in [-0.3, -0.25) is 4.99 Å². The molecule has 1 aromatic heterocycles. The quantitative estimate of drug-likeness (QED) is 0.647. The maximum absolute atomic E-state index is 5.41. The molecule has 0 radical (unpaired) electrons. The zero-order chi connectivity index (χ0) is 18.4. The number of aliphatic imine (C=N–C) groups is 1. The third kappa shape index (κ3) is 4.49. The summed E-state index contributed by atoms with van der Waals surface area (Å²) in [5, 5.41) is 7.01. The average molecular weight is 373 g/mol. The number of piperazine rings is 1. The van der Waals surface area contributed by atoms with Crippen LogP contribution in [0.25, 0.3) is 0 Å². The number of benzene rings is 1. The first-order valence-corrected chi connectivity index (χ1v) is 9.97. The van der Waals surface area contributed by atoms with E-state index in [-0.39, 0.29) is 0 Å². The molecular weight excluding hydrogens is 344 g/mol. The van der Waals surface area contributed by atoms with E-state index in [4.69, 9.17) is 4.74 Å². The topological polar surface area (TPSA) is 40.1 Å². The van der Waals surface area contributed by atoms with Crippen molar-refractivity contribution < 1.29 is 4.74 Å². The second-order valence-electron chi connectivity index (χ2n) is 6.45. The van der Waals surface area contributed by atoms with Crippen molar-refractivity contribution in [2.24, 2.45) is 4.99 Å². The van der Waals surface area contributed by atoms with Gasteiger partial charge in [-0.25, -0.2) is 0 Å². The summed E-state index contributed by atoms with van der Waals surface area (Å²) < 4.78 is 5.41. The first-order chi connectivity index (χ1) is 12.7. The number of methoxy groups -OCH3 is 1. The standard InChI is InChI=1S/C20H28N4OS/c1-16-6-7-17(15-18(16)25-3)8-9-22-20(21-2)24-12-10-23(11-13-24)19-5-4-14-26-19/h4-7,14-15H,8-13H2,1-3H3,(H,21,22). The summed E-state index contributed by atoms with van der Waals surface area (Å²) in [6.07, 6.45) is 0.949. The van der Waals surface area contributed by atoms with Crippen molar-refractivity contribution in [2.45, 2.75) is 13.3 Å². The lowest BCUT2D eigenvalue weighted by atomic mass is 10.1. The Bertz CT molecular complexity index is 721. The van der Waals surface area contributed by atoms with Crippen LogP contribution in [0.15, 0.2) is 40.7 Å². The van der Waals surface area contributed by atoms with Gasteiger partial charge >= 0.3 is 0 Å². The van der Waals surface area contributed by atoms with Gasteiger partial charge in [0.25, 0.3) is 0 Å². The Morgan fingerprint density at radius 3 is 2.69 bits per heavy atom. The molecule has 3 rings (SSSR count). The summed E-state index contributed by atoms with van der Waals surface area (Å²) in [5.41, 5.74) is 2.45. The van der Waals surface area contributed by atoms with E-state index in [1.165, 1.54) is 16.1 Å². The van der Waals surface area contributed by atoms with Crippen LogP contribution in [0.4, 0.5) is 5.00 Å². The van der Waals surface area contributed by atoms with Gasteiger partial charge in [-0.15, -0.1) is 11.3 Å². The Labute approximate surface area is 160 Å². The molecule has 0 bridgehead atoms. The minimum Gasteiger partial charge on any atom is -0.496 e. The molecule has 140 valence electrons. The number of hydrogen-bond donors (Lipinski definition) is 1. The van der Waals surface area contributed by atoms with E-state index in [0.29, 0.717) is 0 Å². The van der Waals surface area contributed by atoms with E-state index < -0.39 is 0 Å². The smallest absolute Gasteiger partial charge is 0.193 e. The molecule has 0 spiro atoms. The molecule has 1 aliphatic rings. The lowest BCUT2D eigenvalue weighted by Gasteiger charge is -2.37. The second kappa shape index (κ2) is 8.94. The van der Waals surface area contributed by atoms with Gasteiger partial charge in [-0.05, 0) is 48.1 Å². The molecule has 1 N–H and O–H groups in total. The van der Waals surface area contributed by atoms with Crippen LogP contribution in [0, 0.1) is 6.92 Å². The fourth-order valence-electron chi connectivity index (χ4n) is 3.26. The summed E-state index contributed by atoms with van der Waals surface area (Å²) in [6, 6.07) is 10.7. The lowest BCUT2D eigenvalue weighted by Crippen LogP contribution is -2.52. The number of ether oxygens (including phenoxy) is 1. The minimum absolute atomic E-state index is 0.865. The summed E-state index contributed by atoms with van der Waals surface area (Å²) >= 11 is 1.81. The molecule has 0 amide bonds. The van der Waals surface area contributed by atoms with Gasteiger partial charge in [0, 0.05) is 39.8 Å². The van der Waals surface area contributed by atoms with E-state index in [1.807, 2.05) is 18.4 Å². The van der Waals surface area contributed by atoms with Crippen molar-refractivity contribution in [3.8, 4) is 5.75 Å². The zero-order valence-corrected chi connectivity index (χ0v) is 16.7. The maximum Gasteiger partial charge on any atom is 0.193 e. The monoisotopic (exact) mass is 372 g/mol. The Morgan fingerprint density at radius 2 is 2.04 bits per heavy atom. The molecule has 1 fully saturated rings. The largest absolute Gasteiger partial charge is 0.496 e. The number of rotatable bonds is 5. The Morgan fingerprint density at radius 1 is 1.23 bits per heavy atom. The number of aryl methyl sites for hydroxylation is 1. The van der Waals surface area contributed by atoms with Gasteiger partial charge in [0.15, 0.2) is 5.96 Å². The fourth-order valence-corrected chi connectivity index (χ4v) is 4.04. The summed E-state index contributed by atoms with van der Waals surface area (Å²) in [7, 11) is 3.59. The number of anilines is 1. The predicted octanol–water partition coefficient (Wildman–Crippen LogP) is 3.01. The molecule has 0 unspecified atom stereocenters. The molecule has 1 saturated heterocycles. The third-order valence-electron chi connectivity index (χ3n) is 4.78. The molecule has 2 aromatic rings. The first kappa shape index (κ1) is 18.6. The number of thiophene rings is 1. The zero-order valence-electron chi connectivity index (χ0n) is 15.9. The Balaban J connectivity index is 1.48. The lowest BCUT2D eigenvalue weighted by molar-refractivity contribution is 0.374. The van der Waals surface area contributed by atoms with Crippen molar-refractivity contribution in [3.05, 3.63) is 46.8 Å². The highest BCUT2D eigenvalue weighted by atomic mass is 32.1. The highest BCUT2D eigenvalue weighted by Gasteiger charge is 2.20. The fraction of sp³-hybridized carbons (Fsp3) is 0.450. The average Bonchev–Trinajstić information content (AvgIpc) is 3.21. The van der Waals surface area contributed by atoms with Crippen molar-refractivity contribution in [2.75, 3.05) is 51.8 Å². The van der Waals surface area contributed by atoms with E-state index in [9.17, 15) is 0 Å². The highest BCUT2D eigenvalue weighted by molar-refractivity contribution is 7.14. The van der Waals surface area contributed by atoms with Crippen LogP contribution in [0.3, 0.4) is 0 Å². The van der Waals surface area contributed by atoms with E-state index >= 15 is 0 Å². The van der Waals surface area contributed by atoms with Crippen LogP contribution in [-0.4, -0.2) is 57.7 Å². The van der Waals surface area contributed by atoms with Crippen molar-refractivity contribution in [1.82, 2.24) is 10.2 Å². The summed E-state index contributed by atoms with van der Waals surface area (Å²) in [6.45, 7) is 7.00. The predicted molar refractivity (Wildman–Crippen MR) is 111 cm³/mol. The maximum atomic E-state index is 5.41. The highest BCUT2D eigenvalue weighted by Crippen LogP contribution is 2.22. The van der Waals surface area contributed by atoms with Crippen LogP contribution >= 0.6 is 11.3 Å². The molecule has 1 aromatic carbocycles. The van der Waals surface area contributed by atoms with Gasteiger partial charge in [-0.1, -0.05) is 12.1 Å². The van der Waals surface area contributed by atoms with Crippen LogP contribution in [-0.2, 0) is 6.42 Å². The first-order valence-electron chi connectivity index (χ1n) is 9.09. The summed E-state index contributed by atoms with van der Waals surface area (Å²) in [5.74, 6) is 1.95.